The van der Waals surface area contributed by atoms with Crippen LogP contribution in [0.3, 0.4) is 0 Å². The Bertz CT molecular complexity index is 1070. The summed E-state index contributed by atoms with van der Waals surface area (Å²) in [6.45, 7) is 3.21. The third kappa shape index (κ3) is 4.44. The summed E-state index contributed by atoms with van der Waals surface area (Å²) in [5.74, 6) is 0.0304. The van der Waals surface area contributed by atoms with E-state index in [1.54, 1.807) is 13.3 Å². The van der Waals surface area contributed by atoms with Gasteiger partial charge in [0.15, 0.2) is 0 Å². The van der Waals surface area contributed by atoms with Crippen LogP contribution in [0.2, 0.25) is 0 Å². The number of amides is 1. The zero-order valence-corrected chi connectivity index (χ0v) is 17.1. The Balaban J connectivity index is 1.47. The number of ether oxygens (including phenoxy) is 1. The van der Waals surface area contributed by atoms with Crippen molar-refractivity contribution in [3.05, 3.63) is 63.7 Å². The van der Waals surface area contributed by atoms with Crippen LogP contribution in [0, 0.1) is 0 Å². The van der Waals surface area contributed by atoms with Crippen LogP contribution in [0.25, 0.3) is 10.9 Å². The number of rotatable bonds is 7. The molecule has 0 radical (unpaired) electrons. The Hall–Kier alpha value is -2.97. The minimum atomic E-state index is -0.140. The second-order valence-electron chi connectivity index (χ2n) is 7.73. The number of fused-ring (bicyclic) bond motifs is 1. The van der Waals surface area contributed by atoms with E-state index in [0.29, 0.717) is 25.3 Å². The molecular formula is C22H27N5O3. The maximum Gasteiger partial charge on any atom is 0.254 e. The van der Waals surface area contributed by atoms with Crippen LogP contribution < -0.4 is 10.9 Å². The summed E-state index contributed by atoms with van der Waals surface area (Å²) < 4.78 is 4.99. The Morgan fingerprint density at radius 1 is 1.37 bits per heavy atom. The Morgan fingerprint density at radius 3 is 3.10 bits per heavy atom. The third-order valence-electron chi connectivity index (χ3n) is 5.64. The molecule has 3 N–H and O–H groups in total. The molecule has 1 aromatic carbocycles. The van der Waals surface area contributed by atoms with Gasteiger partial charge < -0.3 is 15.0 Å². The van der Waals surface area contributed by atoms with Crippen LogP contribution in [0.5, 0.6) is 0 Å². The summed E-state index contributed by atoms with van der Waals surface area (Å²) in [6.07, 6.45) is 3.56. The van der Waals surface area contributed by atoms with Crippen molar-refractivity contribution in [3.8, 4) is 0 Å². The van der Waals surface area contributed by atoms with E-state index in [2.05, 4.69) is 25.4 Å². The highest BCUT2D eigenvalue weighted by atomic mass is 16.5. The van der Waals surface area contributed by atoms with Crippen LogP contribution in [0.4, 0.5) is 0 Å². The van der Waals surface area contributed by atoms with Crippen molar-refractivity contribution >= 4 is 16.8 Å². The average molecular weight is 409 g/mol. The van der Waals surface area contributed by atoms with Crippen LogP contribution in [-0.2, 0) is 11.3 Å². The molecule has 0 aliphatic carbocycles. The molecule has 0 bridgehead atoms. The van der Waals surface area contributed by atoms with Crippen molar-refractivity contribution in [1.29, 1.82) is 0 Å². The van der Waals surface area contributed by atoms with Crippen LogP contribution in [0.1, 0.15) is 40.4 Å². The SMILES string of the molecule is COCCNC(=O)c1cn[nH]c1[C@H]1CCCN(Cc2cc3ccccc3[nH]c2=O)C1. The van der Waals surface area contributed by atoms with Crippen molar-refractivity contribution < 1.29 is 9.53 Å². The first kappa shape index (κ1) is 20.3. The van der Waals surface area contributed by atoms with Gasteiger partial charge in [-0.1, -0.05) is 18.2 Å². The molecule has 3 aromatic rings. The van der Waals surface area contributed by atoms with E-state index < -0.39 is 0 Å². The number of aromatic amines is 2. The molecule has 2 aromatic heterocycles. The normalized spacial score (nSPS) is 17.3. The van der Waals surface area contributed by atoms with Crippen molar-refractivity contribution in [3.63, 3.8) is 0 Å². The molecule has 1 aliphatic heterocycles. The molecular weight excluding hydrogens is 382 g/mol. The molecule has 1 aliphatic rings. The van der Waals surface area contributed by atoms with Crippen LogP contribution in [-0.4, -0.2) is 59.3 Å². The fourth-order valence-electron chi connectivity index (χ4n) is 4.14. The van der Waals surface area contributed by atoms with E-state index in [4.69, 9.17) is 4.74 Å². The summed E-state index contributed by atoms with van der Waals surface area (Å²) in [4.78, 5) is 30.3. The monoisotopic (exact) mass is 409 g/mol. The zero-order valence-electron chi connectivity index (χ0n) is 17.1. The number of hydrogen-bond donors (Lipinski definition) is 3. The van der Waals surface area contributed by atoms with Crippen molar-refractivity contribution in [1.82, 2.24) is 25.4 Å². The quantitative estimate of drug-likeness (QED) is 0.518. The maximum absolute atomic E-state index is 12.5. The number of piperidine rings is 1. The molecule has 1 amide bonds. The van der Waals surface area contributed by atoms with E-state index >= 15 is 0 Å². The number of benzene rings is 1. The van der Waals surface area contributed by atoms with Gasteiger partial charge in [0.25, 0.3) is 11.5 Å². The standard InChI is InChI=1S/C22H27N5O3/c1-30-10-8-23-22(29)18-12-24-26-20(18)16-6-4-9-27(13-16)14-17-11-15-5-2-3-7-19(15)25-21(17)28/h2-3,5,7,11-12,16H,4,6,8-10,13-14H2,1H3,(H,23,29)(H,24,26)(H,25,28)/t16-/m0/s1. The smallest absolute Gasteiger partial charge is 0.254 e. The summed E-state index contributed by atoms with van der Waals surface area (Å²) in [6, 6.07) is 9.78. The van der Waals surface area contributed by atoms with Crippen LogP contribution in [0.15, 0.2) is 41.3 Å². The highest BCUT2D eigenvalue weighted by molar-refractivity contribution is 5.95. The van der Waals surface area contributed by atoms with Crippen molar-refractivity contribution in [2.75, 3.05) is 33.4 Å². The molecule has 0 unspecified atom stereocenters. The van der Waals surface area contributed by atoms with Gasteiger partial charge in [-0.25, -0.2) is 0 Å². The Kier molecular flexibility index (Phi) is 6.25. The molecule has 1 saturated heterocycles. The Morgan fingerprint density at radius 2 is 2.23 bits per heavy atom. The van der Waals surface area contributed by atoms with Gasteiger partial charge in [0, 0.05) is 43.7 Å². The molecule has 8 nitrogen and oxygen atoms in total. The number of carbonyl (C=O) groups excluding carboxylic acids is 1. The molecule has 0 saturated carbocycles. The number of likely N-dealkylation sites (tertiary alicyclic amines) is 1. The van der Waals surface area contributed by atoms with Gasteiger partial charge in [0.2, 0.25) is 0 Å². The predicted octanol–water partition coefficient (Wildman–Crippen LogP) is 2.01. The number of para-hydroxylation sites is 1. The number of pyridine rings is 1. The van der Waals surface area contributed by atoms with E-state index in [-0.39, 0.29) is 17.4 Å². The minimum absolute atomic E-state index is 0.0458. The van der Waals surface area contributed by atoms with Gasteiger partial charge in [-0.2, -0.15) is 5.10 Å². The first-order valence-electron chi connectivity index (χ1n) is 10.3. The lowest BCUT2D eigenvalue weighted by Gasteiger charge is -2.32. The number of aromatic nitrogens is 3. The number of hydrogen-bond acceptors (Lipinski definition) is 5. The second kappa shape index (κ2) is 9.23. The first-order chi connectivity index (χ1) is 14.7. The summed E-state index contributed by atoms with van der Waals surface area (Å²) in [5.41, 5.74) is 3.01. The van der Waals surface area contributed by atoms with Gasteiger partial charge in [-0.3, -0.25) is 19.6 Å². The molecule has 30 heavy (non-hydrogen) atoms. The Labute approximate surface area is 174 Å². The highest BCUT2D eigenvalue weighted by Gasteiger charge is 2.27. The number of carbonyl (C=O) groups is 1. The largest absolute Gasteiger partial charge is 0.383 e. The number of nitrogens with one attached hydrogen (secondary N) is 3. The predicted molar refractivity (Wildman–Crippen MR) is 115 cm³/mol. The number of nitrogens with zero attached hydrogens (tertiary/aromatic N) is 2. The molecule has 3 heterocycles. The molecule has 8 heteroatoms. The second-order valence-corrected chi connectivity index (χ2v) is 7.73. The fourth-order valence-corrected chi connectivity index (χ4v) is 4.14. The molecule has 158 valence electrons. The lowest BCUT2D eigenvalue weighted by atomic mass is 9.92. The van der Waals surface area contributed by atoms with Gasteiger partial charge in [-0.05, 0) is 36.9 Å². The summed E-state index contributed by atoms with van der Waals surface area (Å²) >= 11 is 0. The minimum Gasteiger partial charge on any atom is -0.383 e. The molecule has 0 spiro atoms. The van der Waals surface area contributed by atoms with Gasteiger partial charge in [0.05, 0.1) is 24.1 Å². The van der Waals surface area contributed by atoms with Gasteiger partial charge in [0.1, 0.15) is 0 Å². The third-order valence-corrected chi connectivity index (χ3v) is 5.64. The van der Waals surface area contributed by atoms with Gasteiger partial charge >= 0.3 is 0 Å². The lowest BCUT2D eigenvalue weighted by Crippen LogP contribution is -2.36. The molecule has 1 fully saturated rings. The van der Waals surface area contributed by atoms with Crippen molar-refractivity contribution in [2.24, 2.45) is 0 Å². The molecule has 4 rings (SSSR count). The topological polar surface area (TPSA) is 103 Å². The summed E-state index contributed by atoms with van der Waals surface area (Å²) in [5, 5.41) is 11.0. The van der Waals surface area contributed by atoms with E-state index in [1.807, 2.05) is 30.3 Å². The van der Waals surface area contributed by atoms with Crippen LogP contribution >= 0.6 is 0 Å². The number of H-pyrrole nitrogens is 2. The average Bonchev–Trinajstić information content (AvgIpc) is 3.25. The maximum atomic E-state index is 12.5. The van der Waals surface area contributed by atoms with E-state index in [0.717, 1.165) is 48.1 Å². The van der Waals surface area contributed by atoms with Gasteiger partial charge in [-0.15, -0.1) is 0 Å². The lowest BCUT2D eigenvalue weighted by molar-refractivity contribution is 0.0934. The zero-order chi connectivity index (χ0) is 20.9. The van der Waals surface area contributed by atoms with E-state index in [1.165, 1.54) is 0 Å². The highest BCUT2D eigenvalue weighted by Crippen LogP contribution is 2.28. The fraction of sp³-hybridized carbons (Fsp3) is 0.409. The molecule has 1 atom stereocenters. The van der Waals surface area contributed by atoms with E-state index in [9.17, 15) is 9.59 Å². The summed E-state index contributed by atoms with van der Waals surface area (Å²) in [7, 11) is 1.60. The first-order valence-corrected chi connectivity index (χ1v) is 10.3. The number of methoxy groups -OCH3 is 1. The van der Waals surface area contributed by atoms with Crippen molar-refractivity contribution in [2.45, 2.75) is 25.3 Å².